The second-order valence-electron chi connectivity index (χ2n) is 6.98. The third kappa shape index (κ3) is 7.39. The van der Waals surface area contributed by atoms with E-state index in [1.807, 2.05) is 12.4 Å². The number of hydrogen-bond acceptors (Lipinski definition) is 4. The van der Waals surface area contributed by atoms with Crippen LogP contribution in [0.15, 0.2) is 47.7 Å². The van der Waals surface area contributed by atoms with E-state index in [1.54, 1.807) is 18.4 Å². The third-order valence-corrected chi connectivity index (χ3v) is 5.98. The van der Waals surface area contributed by atoms with E-state index in [-0.39, 0.29) is 24.0 Å². The fourth-order valence-electron chi connectivity index (χ4n) is 3.13. The highest BCUT2D eigenvalue weighted by Crippen LogP contribution is 2.16. The van der Waals surface area contributed by atoms with Crippen molar-refractivity contribution in [2.45, 2.75) is 46.2 Å². The quantitative estimate of drug-likeness (QED) is 0.245. The molecule has 3 aromatic rings. The molecule has 0 aliphatic carbocycles. The summed E-state index contributed by atoms with van der Waals surface area (Å²) in [5.74, 6) is 1.81. The number of aryl methyl sites for hydroxylation is 4. The van der Waals surface area contributed by atoms with Gasteiger partial charge in [0.25, 0.3) is 0 Å². The molecule has 2 heterocycles. The van der Waals surface area contributed by atoms with E-state index in [1.165, 1.54) is 10.4 Å². The van der Waals surface area contributed by atoms with Crippen LogP contribution < -0.4 is 10.6 Å². The van der Waals surface area contributed by atoms with Crippen LogP contribution >= 0.6 is 35.3 Å². The molecule has 0 saturated carbocycles. The first kappa shape index (κ1) is 24.3. The van der Waals surface area contributed by atoms with E-state index in [2.05, 4.69) is 74.3 Å². The van der Waals surface area contributed by atoms with Gasteiger partial charge in [-0.15, -0.1) is 35.3 Å². The van der Waals surface area contributed by atoms with Gasteiger partial charge in [-0.25, -0.2) is 9.97 Å². The summed E-state index contributed by atoms with van der Waals surface area (Å²) in [5.41, 5.74) is 2.51. The summed E-state index contributed by atoms with van der Waals surface area (Å²) >= 11 is 1.77. The molecule has 30 heavy (non-hydrogen) atoms. The van der Waals surface area contributed by atoms with Crippen molar-refractivity contribution in [3.8, 4) is 0 Å². The number of imidazole rings is 1. The van der Waals surface area contributed by atoms with Crippen LogP contribution in [0.25, 0.3) is 0 Å². The minimum absolute atomic E-state index is 0. The highest BCUT2D eigenvalue weighted by Gasteiger charge is 2.06. The van der Waals surface area contributed by atoms with Crippen molar-refractivity contribution in [2.75, 3.05) is 13.6 Å². The molecule has 1 aromatic carbocycles. The number of guanidine groups is 1. The molecule has 0 aliphatic rings. The Hall–Kier alpha value is -1.94. The lowest BCUT2D eigenvalue weighted by molar-refractivity contribution is 0.600. The van der Waals surface area contributed by atoms with Gasteiger partial charge in [0.05, 0.1) is 17.2 Å². The van der Waals surface area contributed by atoms with Gasteiger partial charge in [-0.05, 0) is 32.3 Å². The molecule has 3 rings (SSSR count). The summed E-state index contributed by atoms with van der Waals surface area (Å²) in [7, 11) is 1.79. The molecular weight excluding hydrogens is 507 g/mol. The summed E-state index contributed by atoms with van der Waals surface area (Å²) in [4.78, 5) is 14.7. The first-order valence-corrected chi connectivity index (χ1v) is 10.9. The van der Waals surface area contributed by atoms with Gasteiger partial charge < -0.3 is 15.2 Å². The molecule has 0 saturated heterocycles. The van der Waals surface area contributed by atoms with Gasteiger partial charge in [-0.1, -0.05) is 30.3 Å². The lowest BCUT2D eigenvalue weighted by atomic mass is 10.1. The number of rotatable bonds is 9. The summed E-state index contributed by atoms with van der Waals surface area (Å²) in [6.07, 6.45) is 6.97. The van der Waals surface area contributed by atoms with Gasteiger partial charge in [0.15, 0.2) is 5.96 Å². The van der Waals surface area contributed by atoms with Gasteiger partial charge in [-0.2, -0.15) is 0 Å². The number of hydrogen-bond donors (Lipinski definition) is 2. The van der Waals surface area contributed by atoms with Gasteiger partial charge in [0, 0.05) is 43.8 Å². The number of nitrogens with one attached hydrogen (secondary N) is 2. The number of aromatic nitrogens is 3. The van der Waals surface area contributed by atoms with E-state index >= 15 is 0 Å². The zero-order valence-electron chi connectivity index (χ0n) is 17.9. The number of benzene rings is 1. The van der Waals surface area contributed by atoms with E-state index < -0.39 is 0 Å². The Kier molecular flexibility index (Phi) is 10.3. The van der Waals surface area contributed by atoms with Crippen LogP contribution in [-0.2, 0) is 25.9 Å². The zero-order valence-corrected chi connectivity index (χ0v) is 21.0. The maximum Gasteiger partial charge on any atom is 0.191 e. The van der Waals surface area contributed by atoms with Crippen LogP contribution in [0.1, 0.15) is 33.4 Å². The molecule has 0 atom stereocenters. The molecule has 2 aromatic heterocycles. The van der Waals surface area contributed by atoms with Crippen LogP contribution in [-0.4, -0.2) is 34.1 Å². The first-order chi connectivity index (χ1) is 14.2. The Labute approximate surface area is 200 Å². The van der Waals surface area contributed by atoms with Crippen LogP contribution in [0.5, 0.6) is 0 Å². The second-order valence-corrected chi connectivity index (χ2v) is 8.27. The molecule has 2 N–H and O–H groups in total. The monoisotopic (exact) mass is 538 g/mol. The largest absolute Gasteiger partial charge is 0.356 e. The Bertz CT molecular complexity index is 899. The Morgan fingerprint density at radius 3 is 2.63 bits per heavy atom. The van der Waals surface area contributed by atoms with Gasteiger partial charge in [0.1, 0.15) is 5.82 Å². The number of thiazole rings is 1. The molecule has 0 unspecified atom stereocenters. The van der Waals surface area contributed by atoms with Gasteiger partial charge in [-0.3, -0.25) is 4.99 Å². The lowest BCUT2D eigenvalue weighted by Gasteiger charge is -2.12. The lowest BCUT2D eigenvalue weighted by Crippen LogP contribution is -2.38. The minimum Gasteiger partial charge on any atom is -0.356 e. The zero-order chi connectivity index (χ0) is 20.5. The number of halogens is 1. The molecule has 8 heteroatoms. The summed E-state index contributed by atoms with van der Waals surface area (Å²) in [5, 5.41) is 7.89. The Balaban J connectivity index is 0.00000320. The van der Waals surface area contributed by atoms with Crippen molar-refractivity contribution in [3.05, 3.63) is 69.7 Å². The Morgan fingerprint density at radius 2 is 1.93 bits per heavy atom. The topological polar surface area (TPSA) is 67.1 Å². The second kappa shape index (κ2) is 12.7. The molecule has 0 bridgehead atoms. The highest BCUT2D eigenvalue weighted by molar-refractivity contribution is 14.0. The van der Waals surface area contributed by atoms with Crippen LogP contribution in [0.4, 0.5) is 0 Å². The third-order valence-electron chi connectivity index (χ3n) is 4.85. The van der Waals surface area contributed by atoms with Crippen molar-refractivity contribution >= 4 is 41.3 Å². The van der Waals surface area contributed by atoms with Crippen molar-refractivity contribution in [1.29, 1.82) is 0 Å². The average molecular weight is 539 g/mol. The normalized spacial score (nSPS) is 11.2. The smallest absolute Gasteiger partial charge is 0.191 e. The summed E-state index contributed by atoms with van der Waals surface area (Å²) in [6, 6.07) is 10.6. The molecule has 0 aliphatic heterocycles. The highest BCUT2D eigenvalue weighted by atomic mass is 127. The fourth-order valence-corrected chi connectivity index (χ4v) is 4.06. The van der Waals surface area contributed by atoms with Crippen molar-refractivity contribution < 1.29 is 0 Å². The van der Waals surface area contributed by atoms with E-state index in [9.17, 15) is 0 Å². The molecule has 6 nitrogen and oxygen atoms in total. The molecule has 0 radical (unpaired) electrons. The average Bonchev–Trinajstić information content (AvgIpc) is 3.31. The summed E-state index contributed by atoms with van der Waals surface area (Å²) in [6.45, 7) is 6.59. The van der Waals surface area contributed by atoms with E-state index in [0.29, 0.717) is 6.54 Å². The fraction of sp³-hybridized carbons (Fsp3) is 0.409. The Morgan fingerprint density at radius 1 is 1.13 bits per heavy atom. The molecule has 162 valence electrons. The van der Waals surface area contributed by atoms with Crippen LogP contribution in [0.2, 0.25) is 0 Å². The predicted molar refractivity (Wildman–Crippen MR) is 136 cm³/mol. The first-order valence-electron chi connectivity index (χ1n) is 10.1. The van der Waals surface area contributed by atoms with Gasteiger partial charge >= 0.3 is 0 Å². The maximum absolute atomic E-state index is 4.59. The van der Waals surface area contributed by atoms with Crippen molar-refractivity contribution in [2.24, 2.45) is 4.99 Å². The van der Waals surface area contributed by atoms with Crippen molar-refractivity contribution in [3.63, 3.8) is 0 Å². The van der Waals surface area contributed by atoms with E-state index in [4.69, 9.17) is 0 Å². The van der Waals surface area contributed by atoms with E-state index in [0.717, 1.165) is 54.8 Å². The van der Waals surface area contributed by atoms with Crippen LogP contribution in [0.3, 0.4) is 0 Å². The number of nitrogens with zero attached hydrogens (tertiary/aromatic N) is 4. The molecule has 0 fully saturated rings. The SMILES string of the molecule is CN=C(NCCc1nc(C)c(C)s1)NCc1nccn1CCCc1ccccc1.I. The van der Waals surface area contributed by atoms with Crippen LogP contribution in [0, 0.1) is 13.8 Å². The number of aliphatic imine (C=N–C) groups is 1. The van der Waals surface area contributed by atoms with Crippen molar-refractivity contribution in [1.82, 2.24) is 25.2 Å². The predicted octanol–water partition coefficient (Wildman–Crippen LogP) is 4.11. The standard InChI is InChI=1S/C22H30N6S.HI/c1-17-18(2)29-21(27-17)11-12-25-22(23-3)26-16-20-24-13-15-28(20)14-7-10-19-8-5-4-6-9-19;/h4-6,8-9,13,15H,7,10-12,14,16H2,1-3H3,(H2,23,25,26);1H. The maximum atomic E-state index is 4.59. The van der Waals surface area contributed by atoms with Gasteiger partial charge in [0.2, 0.25) is 0 Å². The minimum atomic E-state index is 0. The molecular formula is C22H31IN6S. The summed E-state index contributed by atoms with van der Waals surface area (Å²) < 4.78 is 2.21. The molecule has 0 spiro atoms. The molecule has 0 amide bonds.